The maximum atomic E-state index is 5.07. The molecule has 0 saturated carbocycles. The van der Waals surface area contributed by atoms with Crippen molar-refractivity contribution in [2.75, 3.05) is 19.0 Å². The van der Waals surface area contributed by atoms with E-state index in [9.17, 15) is 0 Å². The van der Waals surface area contributed by atoms with Gasteiger partial charge in [-0.15, -0.1) is 0 Å². The van der Waals surface area contributed by atoms with Crippen LogP contribution in [0.15, 0.2) is 18.2 Å². The van der Waals surface area contributed by atoms with Crippen LogP contribution < -0.4 is 5.32 Å². The van der Waals surface area contributed by atoms with Gasteiger partial charge >= 0.3 is 0 Å². The van der Waals surface area contributed by atoms with Crippen molar-refractivity contribution in [3.05, 3.63) is 29.3 Å². The Morgan fingerprint density at radius 3 is 2.29 bits per heavy atom. The van der Waals surface area contributed by atoms with Gasteiger partial charge in [0.15, 0.2) is 0 Å². The second-order valence-corrected chi connectivity index (χ2v) is 3.88. The van der Waals surface area contributed by atoms with E-state index in [0.717, 1.165) is 6.61 Å². The fourth-order valence-electron chi connectivity index (χ4n) is 1.63. The minimum absolute atomic E-state index is 0.348. The lowest BCUT2D eigenvalue weighted by molar-refractivity contribution is 0.190. The van der Waals surface area contributed by atoms with E-state index in [0.29, 0.717) is 6.04 Å². The van der Waals surface area contributed by atoms with Gasteiger partial charge in [0.25, 0.3) is 0 Å². The molecule has 78 valence electrons. The largest absolute Gasteiger partial charge is 0.383 e. The number of rotatable bonds is 4. The summed E-state index contributed by atoms with van der Waals surface area (Å²) in [6.45, 7) is 7.06. The minimum Gasteiger partial charge on any atom is -0.383 e. The van der Waals surface area contributed by atoms with Crippen LogP contribution >= 0.6 is 0 Å². The molecule has 1 N–H and O–H groups in total. The van der Waals surface area contributed by atoms with Crippen LogP contribution in [0.5, 0.6) is 0 Å². The summed E-state index contributed by atoms with van der Waals surface area (Å²) in [6.07, 6.45) is 0. The molecule has 1 atom stereocenters. The van der Waals surface area contributed by atoms with Crippen LogP contribution in [-0.2, 0) is 4.74 Å². The molecule has 1 unspecified atom stereocenters. The smallest absolute Gasteiger partial charge is 0.0661 e. The third-order valence-corrected chi connectivity index (χ3v) is 2.05. The SMILES string of the molecule is COCC(C)Nc1cc(C)cc(C)c1. The Balaban J connectivity index is 2.66. The van der Waals surface area contributed by atoms with Crippen LogP contribution in [0.1, 0.15) is 18.1 Å². The number of methoxy groups -OCH3 is 1. The van der Waals surface area contributed by atoms with Crippen molar-refractivity contribution < 1.29 is 4.74 Å². The van der Waals surface area contributed by atoms with E-state index in [2.05, 4.69) is 44.3 Å². The quantitative estimate of drug-likeness (QED) is 0.794. The first-order valence-corrected chi connectivity index (χ1v) is 4.95. The van der Waals surface area contributed by atoms with Gasteiger partial charge in [0.05, 0.1) is 6.61 Å². The van der Waals surface area contributed by atoms with E-state index in [1.165, 1.54) is 16.8 Å². The van der Waals surface area contributed by atoms with Gasteiger partial charge in [-0.3, -0.25) is 0 Å². The summed E-state index contributed by atoms with van der Waals surface area (Å²) >= 11 is 0. The van der Waals surface area contributed by atoms with Gasteiger partial charge in [-0.2, -0.15) is 0 Å². The lowest BCUT2D eigenvalue weighted by Crippen LogP contribution is -2.20. The van der Waals surface area contributed by atoms with Gasteiger partial charge in [-0.05, 0) is 44.0 Å². The predicted octanol–water partition coefficient (Wildman–Crippen LogP) is 2.75. The Morgan fingerprint density at radius 1 is 1.21 bits per heavy atom. The number of hydrogen-bond donors (Lipinski definition) is 1. The average molecular weight is 193 g/mol. The molecule has 1 rings (SSSR count). The highest BCUT2D eigenvalue weighted by atomic mass is 16.5. The standard InChI is InChI=1S/C12H19NO/c1-9-5-10(2)7-12(6-9)13-11(3)8-14-4/h5-7,11,13H,8H2,1-4H3. The van der Waals surface area contributed by atoms with E-state index in [4.69, 9.17) is 4.74 Å². The molecule has 0 heterocycles. The first-order chi connectivity index (χ1) is 6.61. The zero-order valence-corrected chi connectivity index (χ0v) is 9.42. The Morgan fingerprint density at radius 2 is 1.79 bits per heavy atom. The van der Waals surface area contributed by atoms with E-state index < -0.39 is 0 Å². The Labute approximate surface area is 86.3 Å². The van der Waals surface area contributed by atoms with Gasteiger partial charge < -0.3 is 10.1 Å². The van der Waals surface area contributed by atoms with Gasteiger partial charge in [0, 0.05) is 18.8 Å². The first kappa shape index (κ1) is 11.1. The normalized spacial score (nSPS) is 12.6. The molecule has 14 heavy (non-hydrogen) atoms. The van der Waals surface area contributed by atoms with Crippen molar-refractivity contribution in [3.8, 4) is 0 Å². The molecule has 2 heteroatoms. The summed E-state index contributed by atoms with van der Waals surface area (Å²) in [4.78, 5) is 0. The monoisotopic (exact) mass is 193 g/mol. The van der Waals surface area contributed by atoms with Gasteiger partial charge in [0.2, 0.25) is 0 Å². The summed E-state index contributed by atoms with van der Waals surface area (Å²) in [5.41, 5.74) is 3.75. The van der Waals surface area contributed by atoms with E-state index >= 15 is 0 Å². The van der Waals surface area contributed by atoms with Crippen LogP contribution in [0.2, 0.25) is 0 Å². The van der Waals surface area contributed by atoms with Gasteiger partial charge in [-0.25, -0.2) is 0 Å². The molecule has 0 amide bonds. The van der Waals surface area contributed by atoms with E-state index in [1.807, 2.05) is 0 Å². The van der Waals surface area contributed by atoms with Crippen LogP contribution in [0, 0.1) is 13.8 Å². The summed E-state index contributed by atoms with van der Waals surface area (Å²) in [5, 5.41) is 3.40. The van der Waals surface area contributed by atoms with Crippen LogP contribution in [0.25, 0.3) is 0 Å². The van der Waals surface area contributed by atoms with E-state index in [-0.39, 0.29) is 0 Å². The predicted molar refractivity (Wildman–Crippen MR) is 60.9 cm³/mol. The van der Waals surface area contributed by atoms with Gasteiger partial charge in [-0.1, -0.05) is 6.07 Å². The second kappa shape index (κ2) is 5.01. The molecule has 0 aliphatic carbocycles. The Kier molecular flexibility index (Phi) is 3.96. The number of anilines is 1. The number of aryl methyl sites for hydroxylation is 2. The number of ether oxygens (including phenoxy) is 1. The molecule has 0 aliphatic rings. The lowest BCUT2D eigenvalue weighted by atomic mass is 10.1. The fourth-order valence-corrected chi connectivity index (χ4v) is 1.63. The number of nitrogens with one attached hydrogen (secondary N) is 1. The molecule has 0 aromatic heterocycles. The van der Waals surface area contributed by atoms with Crippen LogP contribution in [0.3, 0.4) is 0 Å². The molecule has 0 saturated heterocycles. The topological polar surface area (TPSA) is 21.3 Å². The number of benzene rings is 1. The lowest BCUT2D eigenvalue weighted by Gasteiger charge is -2.15. The Hall–Kier alpha value is -1.02. The average Bonchev–Trinajstić information content (AvgIpc) is 2.01. The second-order valence-electron chi connectivity index (χ2n) is 3.88. The summed E-state index contributed by atoms with van der Waals surface area (Å²) in [6, 6.07) is 6.83. The van der Waals surface area contributed by atoms with Crippen LogP contribution in [-0.4, -0.2) is 19.8 Å². The molecule has 1 aromatic carbocycles. The van der Waals surface area contributed by atoms with Crippen LogP contribution in [0.4, 0.5) is 5.69 Å². The van der Waals surface area contributed by atoms with Crippen molar-refractivity contribution in [1.82, 2.24) is 0 Å². The van der Waals surface area contributed by atoms with Crippen molar-refractivity contribution >= 4 is 5.69 Å². The fraction of sp³-hybridized carbons (Fsp3) is 0.500. The molecule has 0 radical (unpaired) electrons. The molecule has 0 aliphatic heterocycles. The molecule has 0 spiro atoms. The Bertz CT molecular complexity index is 276. The van der Waals surface area contributed by atoms with E-state index in [1.54, 1.807) is 7.11 Å². The first-order valence-electron chi connectivity index (χ1n) is 4.95. The molecular weight excluding hydrogens is 174 g/mol. The van der Waals surface area contributed by atoms with Crippen molar-refractivity contribution in [2.24, 2.45) is 0 Å². The summed E-state index contributed by atoms with van der Waals surface area (Å²) < 4.78 is 5.07. The minimum atomic E-state index is 0.348. The zero-order chi connectivity index (χ0) is 10.6. The summed E-state index contributed by atoms with van der Waals surface area (Å²) in [7, 11) is 1.72. The maximum Gasteiger partial charge on any atom is 0.0661 e. The number of hydrogen-bond acceptors (Lipinski definition) is 2. The molecule has 2 nitrogen and oxygen atoms in total. The highest BCUT2D eigenvalue weighted by Crippen LogP contribution is 2.14. The molecule has 1 aromatic rings. The maximum absolute atomic E-state index is 5.07. The zero-order valence-electron chi connectivity index (χ0n) is 9.42. The third kappa shape index (κ3) is 3.38. The summed E-state index contributed by atoms with van der Waals surface area (Å²) in [5.74, 6) is 0. The van der Waals surface area contributed by atoms with Crippen molar-refractivity contribution in [2.45, 2.75) is 26.8 Å². The van der Waals surface area contributed by atoms with Crippen molar-refractivity contribution in [1.29, 1.82) is 0 Å². The highest BCUT2D eigenvalue weighted by Gasteiger charge is 2.01. The third-order valence-electron chi connectivity index (χ3n) is 2.05. The molecule has 0 fully saturated rings. The molecular formula is C12H19NO. The molecule has 0 bridgehead atoms. The highest BCUT2D eigenvalue weighted by molar-refractivity contribution is 5.48. The van der Waals surface area contributed by atoms with Crippen molar-refractivity contribution in [3.63, 3.8) is 0 Å². The van der Waals surface area contributed by atoms with Gasteiger partial charge in [0.1, 0.15) is 0 Å².